The molecule has 0 saturated heterocycles. The van der Waals surface area contributed by atoms with E-state index in [1.165, 1.54) is 16.8 Å². The van der Waals surface area contributed by atoms with Gasteiger partial charge in [-0.25, -0.2) is 4.98 Å². The van der Waals surface area contributed by atoms with Crippen LogP contribution in [-0.2, 0) is 6.54 Å². The Labute approximate surface area is 134 Å². The first-order chi connectivity index (χ1) is 11.4. The lowest BCUT2D eigenvalue weighted by Gasteiger charge is -2.10. The van der Waals surface area contributed by atoms with Crippen molar-refractivity contribution in [3.05, 3.63) is 84.7 Å². The third-order valence-electron chi connectivity index (χ3n) is 4.48. The first-order valence-electron chi connectivity index (χ1n) is 7.79. The molecular weight excluding hydrogens is 282 g/mol. The molecule has 23 heavy (non-hydrogen) atoms. The molecule has 3 nitrogen and oxygen atoms in total. The number of hydrogen-bond donors (Lipinski definition) is 0. The van der Waals surface area contributed by atoms with E-state index < -0.39 is 0 Å². The zero-order valence-corrected chi connectivity index (χ0v) is 12.6. The van der Waals surface area contributed by atoms with E-state index in [-0.39, 0.29) is 0 Å². The Morgan fingerprint density at radius 2 is 1.61 bits per heavy atom. The van der Waals surface area contributed by atoms with Gasteiger partial charge in [0.05, 0.1) is 29.8 Å². The summed E-state index contributed by atoms with van der Waals surface area (Å²) >= 11 is 0. The number of imidazole rings is 1. The highest BCUT2D eigenvalue weighted by Gasteiger charge is 2.21. The zero-order valence-electron chi connectivity index (χ0n) is 12.6. The highest BCUT2D eigenvalue weighted by atomic mass is 15.1. The van der Waals surface area contributed by atoms with Gasteiger partial charge in [-0.3, -0.25) is 0 Å². The average molecular weight is 297 g/mol. The van der Waals surface area contributed by atoms with Crippen LogP contribution in [0.4, 0.5) is 0 Å². The Bertz CT molecular complexity index is 993. The number of fused-ring (bicyclic) bond motifs is 5. The second-order valence-electron chi connectivity index (χ2n) is 5.81. The Morgan fingerprint density at radius 1 is 0.783 bits per heavy atom. The van der Waals surface area contributed by atoms with Gasteiger partial charge in [0.15, 0.2) is 5.82 Å². The molecule has 0 unspecified atom stereocenters. The molecule has 5 rings (SSSR count). The Morgan fingerprint density at radius 3 is 2.52 bits per heavy atom. The Kier molecular flexibility index (Phi) is 2.56. The van der Waals surface area contributed by atoms with Crippen LogP contribution >= 0.6 is 0 Å². The predicted molar refractivity (Wildman–Crippen MR) is 91.5 cm³/mol. The van der Waals surface area contributed by atoms with Crippen molar-refractivity contribution in [2.45, 2.75) is 6.54 Å². The van der Waals surface area contributed by atoms with Crippen molar-refractivity contribution in [1.29, 1.82) is 0 Å². The number of benzene rings is 2. The van der Waals surface area contributed by atoms with E-state index >= 15 is 0 Å². The second-order valence-corrected chi connectivity index (χ2v) is 5.81. The largest absolute Gasteiger partial charge is 0.318 e. The van der Waals surface area contributed by atoms with E-state index in [9.17, 15) is 0 Å². The highest BCUT2D eigenvalue weighted by Crippen LogP contribution is 2.33. The van der Waals surface area contributed by atoms with Crippen molar-refractivity contribution in [2.75, 3.05) is 0 Å². The van der Waals surface area contributed by atoms with Crippen molar-refractivity contribution in [1.82, 2.24) is 14.1 Å². The summed E-state index contributed by atoms with van der Waals surface area (Å²) in [5.41, 5.74) is 6.03. The summed E-state index contributed by atoms with van der Waals surface area (Å²) in [5.74, 6) is 1.02. The van der Waals surface area contributed by atoms with Gasteiger partial charge in [-0.15, -0.1) is 0 Å². The second kappa shape index (κ2) is 4.71. The maximum Gasteiger partial charge on any atom is 0.157 e. The van der Waals surface area contributed by atoms with Crippen LogP contribution in [0.1, 0.15) is 5.56 Å². The van der Waals surface area contributed by atoms with E-state index in [4.69, 9.17) is 4.98 Å². The molecule has 0 atom stereocenters. The Balaban J connectivity index is 1.81. The molecule has 0 spiro atoms. The van der Waals surface area contributed by atoms with Crippen LogP contribution in [-0.4, -0.2) is 14.1 Å². The molecule has 0 aliphatic carbocycles. The van der Waals surface area contributed by atoms with Crippen LogP contribution < -0.4 is 0 Å². The van der Waals surface area contributed by atoms with Gasteiger partial charge >= 0.3 is 0 Å². The summed E-state index contributed by atoms with van der Waals surface area (Å²) in [4.78, 5) is 4.73. The van der Waals surface area contributed by atoms with Gasteiger partial charge in [-0.2, -0.15) is 0 Å². The first-order valence-corrected chi connectivity index (χ1v) is 7.79. The van der Waals surface area contributed by atoms with E-state index in [2.05, 4.69) is 76.0 Å². The lowest BCUT2D eigenvalue weighted by atomic mass is 10.1. The fourth-order valence-electron chi connectivity index (χ4n) is 3.40. The number of nitrogens with zero attached hydrogens (tertiary/aromatic N) is 3. The van der Waals surface area contributed by atoms with Gasteiger partial charge in [-0.1, -0.05) is 48.5 Å². The maximum atomic E-state index is 4.73. The Hall–Kier alpha value is -3.07. The molecule has 3 heteroatoms. The van der Waals surface area contributed by atoms with Crippen molar-refractivity contribution >= 4 is 0 Å². The quantitative estimate of drug-likeness (QED) is 0.450. The lowest BCUT2D eigenvalue weighted by Crippen LogP contribution is -2.02. The third-order valence-corrected chi connectivity index (χ3v) is 4.48. The van der Waals surface area contributed by atoms with Crippen molar-refractivity contribution in [3.63, 3.8) is 0 Å². The van der Waals surface area contributed by atoms with E-state index in [1.807, 2.05) is 12.3 Å². The topological polar surface area (TPSA) is 22.8 Å². The molecule has 110 valence electrons. The van der Waals surface area contributed by atoms with Crippen LogP contribution in [0, 0.1) is 0 Å². The summed E-state index contributed by atoms with van der Waals surface area (Å²) < 4.78 is 4.54. The molecule has 4 aromatic rings. The van der Waals surface area contributed by atoms with Gasteiger partial charge in [0.25, 0.3) is 0 Å². The molecule has 2 aromatic heterocycles. The SMILES string of the molecule is c1ccc(-c2cnc3n2Cc2ccccc2-n2cccc2-3)cc1. The molecule has 0 N–H and O–H groups in total. The summed E-state index contributed by atoms with van der Waals surface area (Å²) in [7, 11) is 0. The molecule has 0 radical (unpaired) electrons. The van der Waals surface area contributed by atoms with Crippen LogP contribution in [0.2, 0.25) is 0 Å². The van der Waals surface area contributed by atoms with E-state index in [1.54, 1.807) is 0 Å². The summed E-state index contributed by atoms with van der Waals surface area (Å²) in [6.45, 7) is 0.831. The smallest absolute Gasteiger partial charge is 0.157 e. The van der Waals surface area contributed by atoms with Crippen LogP contribution in [0.3, 0.4) is 0 Å². The maximum absolute atomic E-state index is 4.73. The van der Waals surface area contributed by atoms with Crippen molar-refractivity contribution in [3.8, 4) is 28.5 Å². The van der Waals surface area contributed by atoms with E-state index in [0.717, 1.165) is 23.8 Å². The minimum Gasteiger partial charge on any atom is -0.318 e. The van der Waals surface area contributed by atoms with E-state index in [0.29, 0.717) is 0 Å². The number of aromatic nitrogens is 3. The fraction of sp³-hybridized carbons (Fsp3) is 0.0500. The molecular formula is C20H15N3. The molecule has 1 aliphatic rings. The summed E-state index contributed by atoms with van der Waals surface area (Å²) in [6.07, 6.45) is 4.09. The minimum atomic E-state index is 0.831. The monoisotopic (exact) mass is 297 g/mol. The molecule has 0 saturated carbocycles. The van der Waals surface area contributed by atoms with Crippen LogP contribution in [0.15, 0.2) is 79.1 Å². The fourth-order valence-corrected chi connectivity index (χ4v) is 3.40. The van der Waals surface area contributed by atoms with Gasteiger partial charge in [0, 0.05) is 6.20 Å². The van der Waals surface area contributed by atoms with Gasteiger partial charge in [0.2, 0.25) is 0 Å². The highest BCUT2D eigenvalue weighted by molar-refractivity contribution is 5.68. The van der Waals surface area contributed by atoms with Crippen LogP contribution in [0.5, 0.6) is 0 Å². The predicted octanol–water partition coefficient (Wildman–Crippen LogP) is 4.37. The normalized spacial score (nSPS) is 12.2. The molecule has 1 aliphatic heterocycles. The van der Waals surface area contributed by atoms with Gasteiger partial charge < -0.3 is 9.13 Å². The van der Waals surface area contributed by atoms with Crippen LogP contribution in [0.25, 0.3) is 28.5 Å². The molecule has 0 fully saturated rings. The number of rotatable bonds is 1. The summed E-state index contributed by atoms with van der Waals surface area (Å²) in [6, 6.07) is 23.3. The average Bonchev–Trinajstić information content (AvgIpc) is 3.21. The third kappa shape index (κ3) is 1.80. The minimum absolute atomic E-state index is 0.831. The van der Waals surface area contributed by atoms with Crippen molar-refractivity contribution < 1.29 is 0 Å². The number of para-hydroxylation sites is 1. The number of hydrogen-bond acceptors (Lipinski definition) is 1. The lowest BCUT2D eigenvalue weighted by molar-refractivity contribution is 0.821. The summed E-state index contributed by atoms with van der Waals surface area (Å²) in [5, 5.41) is 0. The molecule has 2 aromatic carbocycles. The molecule has 3 heterocycles. The molecule has 0 bridgehead atoms. The standard InChI is InChI=1S/C20H15N3/c1-2-7-15(8-3-1)19-13-21-20-18-11-6-12-22(18)17-10-5-4-9-16(17)14-23(19)20/h1-13H,14H2. The van der Waals surface area contributed by atoms with Crippen molar-refractivity contribution in [2.24, 2.45) is 0 Å². The molecule has 0 amide bonds. The van der Waals surface area contributed by atoms with Gasteiger partial charge in [0.1, 0.15) is 0 Å². The first kappa shape index (κ1) is 12.5. The van der Waals surface area contributed by atoms with Gasteiger partial charge in [-0.05, 0) is 29.3 Å². The zero-order chi connectivity index (χ0) is 15.2.